The van der Waals surface area contributed by atoms with E-state index in [4.69, 9.17) is 0 Å². The summed E-state index contributed by atoms with van der Waals surface area (Å²) in [7, 11) is 0. The topological polar surface area (TPSA) is 0 Å². The van der Waals surface area contributed by atoms with Gasteiger partial charge in [-0.15, -0.1) is 0 Å². The van der Waals surface area contributed by atoms with Crippen molar-refractivity contribution in [2.24, 2.45) is 0 Å². The van der Waals surface area contributed by atoms with Crippen molar-refractivity contribution in [2.75, 3.05) is 0 Å². The van der Waals surface area contributed by atoms with Gasteiger partial charge in [-0.1, -0.05) is 37.1 Å². The molecule has 0 bridgehead atoms. The molecule has 0 aromatic carbocycles. The third kappa shape index (κ3) is 10.5. The predicted molar refractivity (Wildman–Crippen MR) is 68.0 cm³/mol. The van der Waals surface area contributed by atoms with Crippen LogP contribution in [-0.4, -0.2) is 0 Å². The van der Waals surface area contributed by atoms with Gasteiger partial charge in [0.2, 0.25) is 0 Å². The molecule has 0 aromatic rings. The standard InChI is InChI=1S/C12H20.2CH3.Pt/c1-2-3-9-12-10-7-5-4-6-8-11-12;;;/h4-5,11H,2-3,6-10H2,1H3;2*1H3;/q;2*-1;+2/b5-4-,12-11-;;;. The van der Waals surface area contributed by atoms with Crippen LogP contribution in [0, 0.1) is 14.9 Å². The summed E-state index contributed by atoms with van der Waals surface area (Å²) in [5.74, 6) is 0. The van der Waals surface area contributed by atoms with E-state index in [1.54, 1.807) is 5.57 Å². The molecule has 0 saturated carbocycles. The third-order valence-electron chi connectivity index (χ3n) is 2.42. The molecule has 92 valence electrons. The van der Waals surface area contributed by atoms with Gasteiger partial charge in [-0.05, 0) is 38.5 Å². The summed E-state index contributed by atoms with van der Waals surface area (Å²) < 4.78 is 0. The summed E-state index contributed by atoms with van der Waals surface area (Å²) in [5, 5.41) is 0. The molecule has 1 aliphatic carbocycles. The number of hydrogen-bond donors (Lipinski definition) is 0. The van der Waals surface area contributed by atoms with Crippen LogP contribution in [0.4, 0.5) is 0 Å². The zero-order valence-electron chi connectivity index (χ0n) is 10.5. The first-order valence-corrected chi connectivity index (χ1v) is 5.26. The Hall–Kier alpha value is 0.168. The van der Waals surface area contributed by atoms with E-state index in [2.05, 4.69) is 25.2 Å². The molecule has 0 aliphatic heterocycles. The maximum absolute atomic E-state index is 2.46. The molecular formula is C14H26Pt. The fourth-order valence-corrected chi connectivity index (χ4v) is 1.62. The Morgan fingerprint density at radius 1 is 1.07 bits per heavy atom. The SMILES string of the molecule is CCCC/C1=C/CC/C=C\CC1.[CH3-].[CH3-].[Pt+2]. The minimum absolute atomic E-state index is 0. The van der Waals surface area contributed by atoms with Crippen molar-refractivity contribution in [3.63, 3.8) is 0 Å². The fourth-order valence-electron chi connectivity index (χ4n) is 1.62. The maximum Gasteiger partial charge on any atom is 2.00 e. The molecular weight excluding hydrogens is 363 g/mol. The van der Waals surface area contributed by atoms with Crippen molar-refractivity contribution in [2.45, 2.75) is 51.9 Å². The van der Waals surface area contributed by atoms with E-state index in [0.717, 1.165) is 0 Å². The molecule has 0 spiro atoms. The second kappa shape index (κ2) is 14.2. The zero-order chi connectivity index (χ0) is 8.65. The van der Waals surface area contributed by atoms with Crippen LogP contribution in [0.1, 0.15) is 51.9 Å². The first kappa shape index (κ1) is 20.6. The Morgan fingerprint density at radius 2 is 1.73 bits per heavy atom. The van der Waals surface area contributed by atoms with Crippen molar-refractivity contribution in [3.8, 4) is 0 Å². The van der Waals surface area contributed by atoms with Crippen molar-refractivity contribution < 1.29 is 21.1 Å². The predicted octanol–water partition coefficient (Wildman–Crippen LogP) is 5.13. The second-order valence-electron chi connectivity index (χ2n) is 3.55. The Labute approximate surface area is 111 Å². The minimum Gasteiger partial charge on any atom is -0.358 e. The van der Waals surface area contributed by atoms with E-state index >= 15 is 0 Å². The molecule has 1 heteroatoms. The summed E-state index contributed by atoms with van der Waals surface area (Å²) in [5.41, 5.74) is 1.70. The third-order valence-corrected chi connectivity index (χ3v) is 2.42. The smallest absolute Gasteiger partial charge is 0.358 e. The van der Waals surface area contributed by atoms with Crippen LogP contribution in [0.5, 0.6) is 0 Å². The second-order valence-corrected chi connectivity index (χ2v) is 3.55. The summed E-state index contributed by atoms with van der Waals surface area (Å²) in [6.45, 7) is 2.27. The summed E-state index contributed by atoms with van der Waals surface area (Å²) >= 11 is 0. The summed E-state index contributed by atoms with van der Waals surface area (Å²) in [6, 6.07) is 0. The first-order chi connectivity index (χ1) is 5.93. The fraction of sp³-hybridized carbons (Fsp3) is 0.571. The molecule has 0 radical (unpaired) electrons. The monoisotopic (exact) mass is 389 g/mol. The van der Waals surface area contributed by atoms with Crippen LogP contribution in [0.25, 0.3) is 0 Å². The number of allylic oxidation sites excluding steroid dienone is 4. The average molecular weight is 389 g/mol. The van der Waals surface area contributed by atoms with Gasteiger partial charge in [0, 0.05) is 0 Å². The van der Waals surface area contributed by atoms with Crippen LogP contribution in [-0.2, 0) is 21.1 Å². The quantitative estimate of drug-likeness (QED) is 0.464. The van der Waals surface area contributed by atoms with Gasteiger partial charge in [0.1, 0.15) is 0 Å². The molecule has 1 rings (SSSR count). The van der Waals surface area contributed by atoms with Crippen LogP contribution >= 0.6 is 0 Å². The van der Waals surface area contributed by atoms with E-state index in [1.165, 1.54) is 44.9 Å². The number of unbranched alkanes of at least 4 members (excludes halogenated alkanes) is 1. The Kier molecular flexibility index (Phi) is 19.4. The van der Waals surface area contributed by atoms with Crippen molar-refractivity contribution in [1.82, 2.24) is 0 Å². The molecule has 0 heterocycles. The van der Waals surface area contributed by atoms with Gasteiger partial charge in [-0.2, -0.15) is 0 Å². The van der Waals surface area contributed by atoms with E-state index in [1.807, 2.05) is 0 Å². The van der Waals surface area contributed by atoms with Gasteiger partial charge in [-0.3, -0.25) is 0 Å². The van der Waals surface area contributed by atoms with Crippen LogP contribution < -0.4 is 0 Å². The first-order valence-electron chi connectivity index (χ1n) is 5.26. The summed E-state index contributed by atoms with van der Waals surface area (Å²) in [6.07, 6.45) is 16.2. The van der Waals surface area contributed by atoms with E-state index in [9.17, 15) is 0 Å². The molecule has 15 heavy (non-hydrogen) atoms. The Balaban J connectivity index is -0.000000480. The molecule has 0 amide bonds. The number of rotatable bonds is 3. The van der Waals surface area contributed by atoms with Crippen LogP contribution in [0.3, 0.4) is 0 Å². The normalized spacial score (nSPS) is 20.2. The van der Waals surface area contributed by atoms with Gasteiger partial charge in [0.15, 0.2) is 0 Å². The molecule has 0 aromatic heterocycles. The van der Waals surface area contributed by atoms with Gasteiger partial charge < -0.3 is 14.9 Å². The van der Waals surface area contributed by atoms with Crippen LogP contribution in [0.2, 0.25) is 0 Å². The minimum atomic E-state index is 0. The van der Waals surface area contributed by atoms with E-state index < -0.39 is 0 Å². The zero-order valence-corrected chi connectivity index (χ0v) is 12.8. The van der Waals surface area contributed by atoms with E-state index in [0.29, 0.717) is 0 Å². The molecule has 0 atom stereocenters. The van der Waals surface area contributed by atoms with Crippen molar-refractivity contribution in [3.05, 3.63) is 38.7 Å². The molecule has 0 saturated heterocycles. The average Bonchev–Trinajstić information content (AvgIpc) is 2.02. The Morgan fingerprint density at radius 3 is 2.40 bits per heavy atom. The van der Waals surface area contributed by atoms with Gasteiger partial charge in [0.05, 0.1) is 0 Å². The maximum atomic E-state index is 2.46. The van der Waals surface area contributed by atoms with Crippen molar-refractivity contribution in [1.29, 1.82) is 0 Å². The largest absolute Gasteiger partial charge is 2.00 e. The molecule has 0 unspecified atom stereocenters. The summed E-state index contributed by atoms with van der Waals surface area (Å²) in [4.78, 5) is 0. The van der Waals surface area contributed by atoms with Gasteiger partial charge in [-0.25, -0.2) is 0 Å². The number of hydrogen-bond acceptors (Lipinski definition) is 0. The van der Waals surface area contributed by atoms with Crippen molar-refractivity contribution >= 4 is 0 Å². The molecule has 0 N–H and O–H groups in total. The van der Waals surface area contributed by atoms with Gasteiger partial charge >= 0.3 is 21.1 Å². The molecule has 1 aliphatic rings. The van der Waals surface area contributed by atoms with Gasteiger partial charge in [0.25, 0.3) is 0 Å². The molecule has 0 fully saturated rings. The Bertz CT molecular complexity index is 168. The van der Waals surface area contributed by atoms with Crippen LogP contribution in [0.15, 0.2) is 23.8 Å². The van der Waals surface area contributed by atoms with E-state index in [-0.39, 0.29) is 35.9 Å². The molecule has 0 nitrogen and oxygen atoms in total.